The molecule has 1 aliphatic heterocycles. The van der Waals surface area contributed by atoms with E-state index in [4.69, 9.17) is 22.1 Å². The lowest BCUT2D eigenvalue weighted by atomic mass is 9.73. The van der Waals surface area contributed by atoms with Gasteiger partial charge >= 0.3 is 6.18 Å². The zero-order chi connectivity index (χ0) is 23.3. The average molecular weight is 468 g/mol. The fourth-order valence-corrected chi connectivity index (χ4v) is 4.73. The molecule has 9 heteroatoms. The highest BCUT2D eigenvalue weighted by atomic mass is 35.5. The van der Waals surface area contributed by atoms with E-state index in [1.807, 2.05) is 0 Å². The third kappa shape index (κ3) is 4.19. The van der Waals surface area contributed by atoms with Crippen LogP contribution in [0.15, 0.2) is 30.3 Å². The van der Waals surface area contributed by atoms with Gasteiger partial charge in [-0.15, -0.1) is 0 Å². The largest absolute Gasteiger partial charge is 0.493 e. The van der Waals surface area contributed by atoms with Crippen molar-refractivity contribution < 1.29 is 23.0 Å². The molecule has 4 rings (SSSR count). The first-order valence-electron chi connectivity index (χ1n) is 10.3. The smallest absolute Gasteiger partial charge is 0.417 e. The first-order valence-corrected chi connectivity index (χ1v) is 10.7. The number of pyridine rings is 1. The van der Waals surface area contributed by atoms with Gasteiger partial charge in [-0.2, -0.15) is 13.2 Å². The van der Waals surface area contributed by atoms with E-state index in [-0.39, 0.29) is 12.2 Å². The molecule has 0 aliphatic carbocycles. The first-order chi connectivity index (χ1) is 14.9. The molecule has 0 fully saturated rings. The summed E-state index contributed by atoms with van der Waals surface area (Å²) in [5.74, 6) is 0.563. The number of hydrogen-bond donors (Lipinski definition) is 3. The Balaban J connectivity index is 1.70. The molecule has 3 heterocycles. The summed E-state index contributed by atoms with van der Waals surface area (Å²) in [6, 6.07) is 8.35. The Bertz CT molecular complexity index is 1160. The van der Waals surface area contributed by atoms with Crippen molar-refractivity contribution in [2.75, 3.05) is 6.61 Å². The Morgan fingerprint density at radius 3 is 2.66 bits per heavy atom. The lowest BCUT2D eigenvalue weighted by molar-refractivity contribution is -0.266. The van der Waals surface area contributed by atoms with Crippen molar-refractivity contribution in [3.8, 4) is 5.75 Å². The van der Waals surface area contributed by atoms with E-state index >= 15 is 0 Å². The van der Waals surface area contributed by atoms with E-state index in [1.165, 1.54) is 6.07 Å². The third-order valence-corrected chi connectivity index (χ3v) is 6.24. The van der Waals surface area contributed by atoms with Gasteiger partial charge in [-0.05, 0) is 47.7 Å². The zero-order valence-electron chi connectivity index (χ0n) is 17.8. The van der Waals surface area contributed by atoms with Gasteiger partial charge in [0.2, 0.25) is 0 Å². The number of nitrogens with one attached hydrogen (secondary N) is 1. The number of H-pyrrole nitrogens is 1. The van der Waals surface area contributed by atoms with Gasteiger partial charge in [-0.25, -0.2) is 4.98 Å². The summed E-state index contributed by atoms with van der Waals surface area (Å²) in [5.41, 5.74) is 4.94. The van der Waals surface area contributed by atoms with Gasteiger partial charge in [-0.3, -0.25) is 0 Å². The van der Waals surface area contributed by atoms with Crippen molar-refractivity contribution in [3.05, 3.63) is 57.9 Å². The number of nitrogens with two attached hydrogens (primary N) is 1. The van der Waals surface area contributed by atoms with Crippen molar-refractivity contribution in [1.29, 1.82) is 0 Å². The van der Waals surface area contributed by atoms with Crippen LogP contribution in [-0.2, 0) is 24.8 Å². The summed E-state index contributed by atoms with van der Waals surface area (Å²) in [4.78, 5) is 7.27. The number of hydrogen-bond acceptors (Lipinski definition) is 4. The second kappa shape index (κ2) is 7.93. The molecule has 0 saturated heterocycles. The number of aromatic nitrogens is 2. The van der Waals surface area contributed by atoms with E-state index in [2.05, 4.69) is 9.97 Å². The van der Waals surface area contributed by atoms with Crippen LogP contribution in [0.25, 0.3) is 11.0 Å². The van der Waals surface area contributed by atoms with Crippen LogP contribution < -0.4 is 10.5 Å². The lowest BCUT2D eigenvalue weighted by Crippen LogP contribution is -2.51. The fourth-order valence-electron chi connectivity index (χ4n) is 4.49. The van der Waals surface area contributed by atoms with Gasteiger partial charge in [0.1, 0.15) is 5.75 Å². The predicted molar refractivity (Wildman–Crippen MR) is 117 cm³/mol. The molecule has 3 aromatic rings. The molecule has 0 amide bonds. The molecule has 32 heavy (non-hydrogen) atoms. The van der Waals surface area contributed by atoms with Crippen LogP contribution >= 0.6 is 11.6 Å². The van der Waals surface area contributed by atoms with Crippen molar-refractivity contribution >= 4 is 22.6 Å². The van der Waals surface area contributed by atoms with Gasteiger partial charge in [0.25, 0.3) is 0 Å². The number of benzene rings is 1. The number of aromatic amines is 1. The van der Waals surface area contributed by atoms with Crippen LogP contribution in [0.5, 0.6) is 5.75 Å². The number of ether oxygens (including phenoxy) is 1. The second-order valence-corrected chi connectivity index (χ2v) is 9.48. The Morgan fingerprint density at radius 2 is 1.97 bits per heavy atom. The van der Waals surface area contributed by atoms with Crippen molar-refractivity contribution in [2.45, 2.75) is 56.8 Å². The average Bonchev–Trinajstić information content (AvgIpc) is 3.30. The van der Waals surface area contributed by atoms with Gasteiger partial charge in [0.05, 0.1) is 23.3 Å². The second-order valence-electron chi connectivity index (χ2n) is 9.04. The van der Waals surface area contributed by atoms with E-state index in [0.29, 0.717) is 46.1 Å². The molecule has 0 bridgehead atoms. The maximum absolute atomic E-state index is 14.2. The van der Waals surface area contributed by atoms with Gasteiger partial charge in [0.15, 0.2) is 5.60 Å². The SMILES string of the molecule is CC(C)(CC(O)(Cc1cc2nc(CN)ccc2[nH]1)C(F)(F)F)c1cc(Cl)cc2c1OCC2. The fraction of sp³-hybridized carbons (Fsp3) is 0.435. The summed E-state index contributed by atoms with van der Waals surface area (Å²) in [6.07, 6.45) is -5.43. The standard InChI is InChI=1S/C23H25ClF3N3O2/c1-21(2,17-8-14(24)7-13-5-6-32-20(13)17)12-22(31,23(25,26)27)10-16-9-19-18(30-16)4-3-15(11-28)29-19/h3-4,7-9,30-31H,5-6,10-12,28H2,1-2H3. The molecule has 172 valence electrons. The number of rotatable bonds is 6. The number of halogens is 4. The normalized spacial score (nSPS) is 16.1. The molecule has 1 atom stereocenters. The number of fused-ring (bicyclic) bond motifs is 2. The first kappa shape index (κ1) is 22.9. The molecule has 1 aromatic carbocycles. The highest BCUT2D eigenvalue weighted by Gasteiger charge is 2.56. The maximum atomic E-state index is 14.2. The van der Waals surface area contributed by atoms with Crippen LogP contribution in [0.2, 0.25) is 5.02 Å². The topological polar surface area (TPSA) is 84.2 Å². The summed E-state index contributed by atoms with van der Waals surface area (Å²) in [6.45, 7) is 4.01. The van der Waals surface area contributed by atoms with Crippen LogP contribution in [0, 0.1) is 0 Å². The minimum absolute atomic E-state index is 0.225. The highest BCUT2D eigenvalue weighted by molar-refractivity contribution is 6.30. The lowest BCUT2D eigenvalue weighted by Gasteiger charge is -2.38. The number of alkyl halides is 3. The molecule has 0 saturated carbocycles. The number of nitrogens with zero attached hydrogens (tertiary/aromatic N) is 1. The predicted octanol–water partition coefficient (Wildman–Crippen LogP) is 4.81. The molecule has 0 radical (unpaired) electrons. The third-order valence-electron chi connectivity index (χ3n) is 6.02. The minimum atomic E-state index is -4.86. The van der Waals surface area contributed by atoms with Crippen molar-refractivity contribution in [2.24, 2.45) is 5.73 Å². The molecule has 0 spiro atoms. The summed E-state index contributed by atoms with van der Waals surface area (Å²) in [5, 5.41) is 11.4. The van der Waals surface area contributed by atoms with Crippen LogP contribution in [0.4, 0.5) is 13.2 Å². The molecule has 1 aliphatic rings. The Kier molecular flexibility index (Phi) is 5.68. The zero-order valence-corrected chi connectivity index (χ0v) is 18.6. The summed E-state index contributed by atoms with van der Waals surface area (Å²) < 4.78 is 48.3. The Hall–Kier alpha value is -2.29. The van der Waals surface area contributed by atoms with Crippen LogP contribution in [-0.4, -0.2) is 33.5 Å². The summed E-state index contributed by atoms with van der Waals surface area (Å²) in [7, 11) is 0. The Labute approximate surface area is 188 Å². The Morgan fingerprint density at radius 1 is 1.22 bits per heavy atom. The van der Waals surface area contributed by atoms with Crippen molar-refractivity contribution in [3.63, 3.8) is 0 Å². The number of aliphatic hydroxyl groups is 1. The van der Waals surface area contributed by atoms with Crippen LogP contribution in [0.1, 0.15) is 42.8 Å². The molecule has 2 aromatic heterocycles. The molecule has 5 nitrogen and oxygen atoms in total. The van der Waals surface area contributed by atoms with Gasteiger partial charge in [-0.1, -0.05) is 25.4 Å². The van der Waals surface area contributed by atoms with Crippen molar-refractivity contribution in [1.82, 2.24) is 9.97 Å². The van der Waals surface area contributed by atoms with Gasteiger partial charge in [0, 0.05) is 35.7 Å². The minimum Gasteiger partial charge on any atom is -0.493 e. The quantitative estimate of drug-likeness (QED) is 0.485. The van der Waals surface area contributed by atoms with E-state index in [1.54, 1.807) is 38.1 Å². The van der Waals surface area contributed by atoms with E-state index < -0.39 is 30.0 Å². The molecule has 1 unspecified atom stereocenters. The van der Waals surface area contributed by atoms with E-state index in [0.717, 1.165) is 5.56 Å². The molecular formula is C23H25ClF3N3O2. The van der Waals surface area contributed by atoms with Crippen LogP contribution in [0.3, 0.4) is 0 Å². The molecular weight excluding hydrogens is 443 g/mol. The highest BCUT2D eigenvalue weighted by Crippen LogP contribution is 2.47. The summed E-state index contributed by atoms with van der Waals surface area (Å²) >= 11 is 6.23. The monoisotopic (exact) mass is 467 g/mol. The molecule has 4 N–H and O–H groups in total. The van der Waals surface area contributed by atoms with E-state index in [9.17, 15) is 18.3 Å². The van der Waals surface area contributed by atoms with Gasteiger partial charge < -0.3 is 20.6 Å². The maximum Gasteiger partial charge on any atom is 0.417 e.